The maximum atomic E-state index is 9.41. The summed E-state index contributed by atoms with van der Waals surface area (Å²) >= 11 is 0. The normalized spacial score (nSPS) is 34.8. The standard InChI is InChI=1S/C23H40O/c1-17(9-7-10-19(3)24)11-13-20-18(2)12-14-21-22(4,5)15-8-16-23(20,21)6/h9,19-21,24H,2,7-8,10-16H2,1,3-6H3/b17-9+/t19-,20-,21+,23+/m1/s1. The number of fused-ring (bicyclic) bond motifs is 1. The third kappa shape index (κ3) is 4.34. The molecule has 2 fully saturated rings. The molecule has 0 saturated heterocycles. The molecule has 0 heterocycles. The molecule has 0 aromatic carbocycles. The van der Waals surface area contributed by atoms with E-state index in [2.05, 4.69) is 40.3 Å². The predicted octanol–water partition coefficient (Wildman–Crippen LogP) is 6.67. The first-order valence-electron chi connectivity index (χ1n) is 10.2. The molecule has 0 bridgehead atoms. The van der Waals surface area contributed by atoms with Crippen LogP contribution in [-0.4, -0.2) is 11.2 Å². The van der Waals surface area contributed by atoms with Crippen molar-refractivity contribution in [3.63, 3.8) is 0 Å². The number of hydrogen-bond donors (Lipinski definition) is 1. The van der Waals surface area contributed by atoms with Crippen LogP contribution in [0.2, 0.25) is 0 Å². The largest absolute Gasteiger partial charge is 0.393 e. The van der Waals surface area contributed by atoms with E-state index in [0.29, 0.717) is 16.7 Å². The third-order valence-corrected chi connectivity index (χ3v) is 7.22. The molecule has 1 N–H and O–H groups in total. The van der Waals surface area contributed by atoms with Gasteiger partial charge in [-0.15, -0.1) is 0 Å². The Bertz CT molecular complexity index is 470. The predicted molar refractivity (Wildman–Crippen MR) is 105 cm³/mol. The first kappa shape index (κ1) is 19.8. The topological polar surface area (TPSA) is 20.2 Å². The van der Waals surface area contributed by atoms with E-state index in [9.17, 15) is 5.11 Å². The molecule has 0 aromatic heterocycles. The number of allylic oxidation sites excluding steroid dienone is 3. The highest BCUT2D eigenvalue weighted by molar-refractivity contribution is 5.16. The quantitative estimate of drug-likeness (QED) is 0.538. The lowest BCUT2D eigenvalue weighted by Crippen LogP contribution is -2.49. The van der Waals surface area contributed by atoms with Gasteiger partial charge in [-0.25, -0.2) is 0 Å². The van der Waals surface area contributed by atoms with Crippen molar-refractivity contribution in [3.05, 3.63) is 23.8 Å². The zero-order valence-corrected chi connectivity index (χ0v) is 16.8. The average Bonchev–Trinajstić information content (AvgIpc) is 2.45. The zero-order chi connectivity index (χ0) is 18.0. The second kappa shape index (κ2) is 7.77. The highest BCUT2D eigenvalue weighted by Gasteiger charge is 2.52. The molecule has 0 amide bonds. The minimum atomic E-state index is -0.184. The summed E-state index contributed by atoms with van der Waals surface area (Å²) in [5.74, 6) is 1.55. The van der Waals surface area contributed by atoms with Crippen molar-refractivity contribution >= 4 is 0 Å². The first-order valence-corrected chi connectivity index (χ1v) is 10.2. The molecule has 1 heteroatoms. The van der Waals surface area contributed by atoms with Crippen LogP contribution in [-0.2, 0) is 0 Å². The average molecular weight is 333 g/mol. The van der Waals surface area contributed by atoms with Gasteiger partial charge in [-0.2, -0.15) is 0 Å². The van der Waals surface area contributed by atoms with Gasteiger partial charge in [0.15, 0.2) is 0 Å². The Kier molecular flexibility index (Phi) is 6.40. The Morgan fingerprint density at radius 1 is 1.33 bits per heavy atom. The number of rotatable bonds is 6. The SMILES string of the molecule is C=C1CC[C@H]2C(C)(C)CCC[C@@]2(C)[C@@H]1CC/C(C)=C/CC[C@@H](C)O. The maximum Gasteiger partial charge on any atom is 0.0515 e. The van der Waals surface area contributed by atoms with Crippen molar-refractivity contribution < 1.29 is 5.11 Å². The molecular formula is C23H40O. The summed E-state index contributed by atoms with van der Waals surface area (Å²) in [5, 5.41) is 9.41. The van der Waals surface area contributed by atoms with E-state index >= 15 is 0 Å². The number of aliphatic hydroxyl groups excluding tert-OH is 1. The fourth-order valence-corrected chi connectivity index (χ4v) is 5.85. The van der Waals surface area contributed by atoms with E-state index in [-0.39, 0.29) is 6.10 Å². The van der Waals surface area contributed by atoms with Crippen molar-refractivity contribution in [2.24, 2.45) is 22.7 Å². The molecule has 2 saturated carbocycles. The summed E-state index contributed by atoms with van der Waals surface area (Å²) in [6.45, 7) is 16.2. The summed E-state index contributed by atoms with van der Waals surface area (Å²) in [7, 11) is 0. The first-order chi connectivity index (χ1) is 11.2. The van der Waals surface area contributed by atoms with E-state index in [4.69, 9.17) is 0 Å². The van der Waals surface area contributed by atoms with E-state index in [0.717, 1.165) is 18.8 Å². The van der Waals surface area contributed by atoms with Crippen LogP contribution in [0.5, 0.6) is 0 Å². The fraction of sp³-hybridized carbons (Fsp3) is 0.826. The maximum absolute atomic E-state index is 9.41. The fourth-order valence-electron chi connectivity index (χ4n) is 5.85. The lowest BCUT2D eigenvalue weighted by Gasteiger charge is -2.58. The molecule has 0 spiro atoms. The second-order valence-electron chi connectivity index (χ2n) is 9.67. The Labute approximate surface area is 150 Å². The summed E-state index contributed by atoms with van der Waals surface area (Å²) in [6, 6.07) is 0. The lowest BCUT2D eigenvalue weighted by atomic mass is 9.47. The van der Waals surface area contributed by atoms with Gasteiger partial charge in [0.25, 0.3) is 0 Å². The molecule has 4 atom stereocenters. The van der Waals surface area contributed by atoms with Gasteiger partial charge in [0.05, 0.1) is 6.10 Å². The molecule has 2 rings (SSSR count). The van der Waals surface area contributed by atoms with Gasteiger partial charge in [-0.1, -0.05) is 51.0 Å². The molecule has 2 aliphatic carbocycles. The Morgan fingerprint density at radius 2 is 2.04 bits per heavy atom. The third-order valence-electron chi connectivity index (χ3n) is 7.22. The minimum Gasteiger partial charge on any atom is -0.393 e. The molecule has 24 heavy (non-hydrogen) atoms. The van der Waals surface area contributed by atoms with Gasteiger partial charge >= 0.3 is 0 Å². The van der Waals surface area contributed by atoms with Gasteiger partial charge in [0, 0.05) is 0 Å². The molecule has 0 aliphatic heterocycles. The van der Waals surface area contributed by atoms with Crippen LogP contribution in [0.25, 0.3) is 0 Å². The second-order valence-corrected chi connectivity index (χ2v) is 9.67. The molecule has 1 nitrogen and oxygen atoms in total. The Hall–Kier alpha value is -0.560. The van der Waals surface area contributed by atoms with Crippen LogP contribution < -0.4 is 0 Å². The van der Waals surface area contributed by atoms with Gasteiger partial charge < -0.3 is 5.11 Å². The highest BCUT2D eigenvalue weighted by Crippen LogP contribution is 2.61. The van der Waals surface area contributed by atoms with Crippen molar-refractivity contribution in [1.82, 2.24) is 0 Å². The zero-order valence-electron chi connectivity index (χ0n) is 16.8. The highest BCUT2D eigenvalue weighted by atomic mass is 16.3. The van der Waals surface area contributed by atoms with Crippen LogP contribution in [0.15, 0.2) is 23.8 Å². The van der Waals surface area contributed by atoms with E-state index in [1.165, 1.54) is 56.1 Å². The summed E-state index contributed by atoms with van der Waals surface area (Å²) in [5.41, 5.74) is 3.96. The summed E-state index contributed by atoms with van der Waals surface area (Å²) < 4.78 is 0. The van der Waals surface area contributed by atoms with Crippen LogP contribution in [0.3, 0.4) is 0 Å². The lowest BCUT2D eigenvalue weighted by molar-refractivity contribution is -0.0539. The number of hydrogen-bond acceptors (Lipinski definition) is 1. The van der Waals surface area contributed by atoms with Gasteiger partial charge in [0.2, 0.25) is 0 Å². The Morgan fingerprint density at radius 3 is 2.71 bits per heavy atom. The Balaban J connectivity index is 2.03. The minimum absolute atomic E-state index is 0.184. The van der Waals surface area contributed by atoms with Crippen LogP contribution in [0.1, 0.15) is 92.4 Å². The molecule has 0 aromatic rings. The molecular weight excluding hydrogens is 292 g/mol. The van der Waals surface area contributed by atoms with Gasteiger partial charge in [-0.3, -0.25) is 0 Å². The van der Waals surface area contributed by atoms with Crippen molar-refractivity contribution in [3.8, 4) is 0 Å². The molecule has 2 aliphatic rings. The van der Waals surface area contributed by atoms with Crippen molar-refractivity contribution in [2.75, 3.05) is 0 Å². The van der Waals surface area contributed by atoms with Gasteiger partial charge in [-0.05, 0) is 87.9 Å². The molecule has 0 unspecified atom stereocenters. The van der Waals surface area contributed by atoms with Crippen LogP contribution in [0.4, 0.5) is 0 Å². The smallest absolute Gasteiger partial charge is 0.0515 e. The number of aliphatic hydroxyl groups is 1. The summed E-state index contributed by atoms with van der Waals surface area (Å²) in [4.78, 5) is 0. The van der Waals surface area contributed by atoms with E-state index in [1.807, 2.05) is 6.92 Å². The van der Waals surface area contributed by atoms with E-state index in [1.54, 1.807) is 0 Å². The van der Waals surface area contributed by atoms with E-state index < -0.39 is 0 Å². The molecule has 138 valence electrons. The van der Waals surface area contributed by atoms with Gasteiger partial charge in [0.1, 0.15) is 0 Å². The van der Waals surface area contributed by atoms with Crippen LogP contribution >= 0.6 is 0 Å². The van der Waals surface area contributed by atoms with Crippen LogP contribution in [0, 0.1) is 22.7 Å². The monoisotopic (exact) mass is 332 g/mol. The molecule has 0 radical (unpaired) electrons. The van der Waals surface area contributed by atoms with Crippen molar-refractivity contribution in [2.45, 2.75) is 98.5 Å². The van der Waals surface area contributed by atoms with Crippen molar-refractivity contribution in [1.29, 1.82) is 0 Å². The summed E-state index contributed by atoms with van der Waals surface area (Å²) in [6.07, 6.45) is 13.2.